The highest BCUT2D eigenvalue weighted by atomic mass is 16.5. The minimum absolute atomic E-state index is 0.368. The van der Waals surface area contributed by atoms with Gasteiger partial charge in [0.1, 0.15) is 0 Å². The monoisotopic (exact) mass is 265 g/mol. The molecule has 0 saturated carbocycles. The number of hydrogen-bond acceptors (Lipinski definition) is 3. The van der Waals surface area contributed by atoms with Crippen LogP contribution >= 0.6 is 0 Å². The van der Waals surface area contributed by atoms with Gasteiger partial charge in [0.15, 0.2) is 11.5 Å². The van der Waals surface area contributed by atoms with E-state index in [1.165, 1.54) is 5.56 Å². The summed E-state index contributed by atoms with van der Waals surface area (Å²) in [5.74, 6) is 2.27. The van der Waals surface area contributed by atoms with Crippen LogP contribution in [-0.4, -0.2) is 20.3 Å². The first kappa shape index (κ1) is 15.8. The first-order valence-corrected chi connectivity index (χ1v) is 7.16. The molecule has 1 atom stereocenters. The Bertz CT molecular complexity index is 377. The molecule has 0 radical (unpaired) electrons. The molecule has 3 nitrogen and oxygen atoms in total. The van der Waals surface area contributed by atoms with Crippen LogP contribution in [0.5, 0.6) is 11.5 Å². The van der Waals surface area contributed by atoms with Crippen molar-refractivity contribution in [2.24, 2.45) is 5.92 Å². The maximum Gasteiger partial charge on any atom is 0.161 e. The van der Waals surface area contributed by atoms with Crippen LogP contribution in [-0.2, 0) is 0 Å². The highest BCUT2D eigenvalue weighted by Crippen LogP contribution is 2.31. The van der Waals surface area contributed by atoms with Crippen molar-refractivity contribution in [1.82, 2.24) is 5.32 Å². The summed E-state index contributed by atoms with van der Waals surface area (Å²) in [6, 6.07) is 6.56. The molecule has 1 aromatic carbocycles. The number of nitrogens with one attached hydrogen (secondary N) is 1. The molecule has 3 heteroatoms. The maximum absolute atomic E-state index is 5.55. The van der Waals surface area contributed by atoms with Crippen molar-refractivity contribution in [3.8, 4) is 11.5 Å². The van der Waals surface area contributed by atoms with Gasteiger partial charge in [0.05, 0.1) is 13.7 Å². The van der Waals surface area contributed by atoms with Crippen molar-refractivity contribution in [1.29, 1.82) is 0 Å². The lowest BCUT2D eigenvalue weighted by atomic mass is 10.0. The minimum Gasteiger partial charge on any atom is -0.493 e. The lowest BCUT2D eigenvalue weighted by Gasteiger charge is -2.20. The van der Waals surface area contributed by atoms with E-state index in [2.05, 4.69) is 38.2 Å². The van der Waals surface area contributed by atoms with Gasteiger partial charge in [-0.05, 0) is 43.5 Å². The maximum atomic E-state index is 5.55. The summed E-state index contributed by atoms with van der Waals surface area (Å²) in [7, 11) is 1.68. The van der Waals surface area contributed by atoms with Crippen molar-refractivity contribution in [2.75, 3.05) is 20.3 Å². The summed E-state index contributed by atoms with van der Waals surface area (Å²) in [6.07, 6.45) is 1.06. The number of hydrogen-bond donors (Lipinski definition) is 1. The van der Waals surface area contributed by atoms with Crippen LogP contribution in [0.2, 0.25) is 0 Å². The molecule has 1 N–H and O–H groups in total. The van der Waals surface area contributed by atoms with Crippen LogP contribution in [0.1, 0.15) is 45.7 Å². The Hall–Kier alpha value is -1.22. The van der Waals surface area contributed by atoms with Gasteiger partial charge in [-0.3, -0.25) is 0 Å². The number of benzene rings is 1. The van der Waals surface area contributed by atoms with E-state index >= 15 is 0 Å². The predicted molar refractivity (Wildman–Crippen MR) is 80.0 cm³/mol. The molecule has 0 bridgehead atoms. The number of methoxy groups -OCH3 is 1. The van der Waals surface area contributed by atoms with Crippen molar-refractivity contribution in [2.45, 2.75) is 40.2 Å². The topological polar surface area (TPSA) is 30.5 Å². The van der Waals surface area contributed by atoms with E-state index in [0.29, 0.717) is 18.6 Å². The van der Waals surface area contributed by atoms with E-state index in [4.69, 9.17) is 9.47 Å². The molecule has 0 aromatic heterocycles. The molecule has 0 heterocycles. The number of ether oxygens (including phenoxy) is 2. The van der Waals surface area contributed by atoms with E-state index in [9.17, 15) is 0 Å². The molecule has 0 aliphatic heterocycles. The van der Waals surface area contributed by atoms with Crippen LogP contribution in [0.3, 0.4) is 0 Å². The Morgan fingerprint density at radius 3 is 2.42 bits per heavy atom. The molecule has 0 saturated heterocycles. The van der Waals surface area contributed by atoms with Crippen LogP contribution < -0.4 is 14.8 Å². The standard InChI is InChI=1S/C16H27NO2/c1-6-14(17-11-12(3)4)13-8-9-15(19-7-2)16(10-13)18-5/h8-10,12,14,17H,6-7,11H2,1-5H3/t14-/m1/s1. The highest BCUT2D eigenvalue weighted by Gasteiger charge is 2.12. The molecule has 0 aliphatic rings. The van der Waals surface area contributed by atoms with Crippen molar-refractivity contribution < 1.29 is 9.47 Å². The van der Waals surface area contributed by atoms with E-state index in [1.54, 1.807) is 7.11 Å². The predicted octanol–water partition coefficient (Wildman–Crippen LogP) is 3.79. The summed E-state index contributed by atoms with van der Waals surface area (Å²) < 4.78 is 11.0. The third-order valence-electron chi connectivity index (χ3n) is 3.07. The second-order valence-corrected chi connectivity index (χ2v) is 5.11. The molecule has 0 spiro atoms. The fraction of sp³-hybridized carbons (Fsp3) is 0.625. The van der Waals surface area contributed by atoms with Crippen molar-refractivity contribution >= 4 is 0 Å². The van der Waals surface area contributed by atoms with Gasteiger partial charge in [-0.25, -0.2) is 0 Å². The summed E-state index contributed by atoms with van der Waals surface area (Å²) in [6.45, 7) is 10.3. The first-order chi connectivity index (χ1) is 9.12. The molecule has 1 rings (SSSR count). The molecular weight excluding hydrogens is 238 g/mol. The van der Waals surface area contributed by atoms with Crippen molar-refractivity contribution in [3.05, 3.63) is 23.8 Å². The Morgan fingerprint density at radius 1 is 1.16 bits per heavy atom. The van der Waals surface area contributed by atoms with Gasteiger partial charge in [-0.1, -0.05) is 26.8 Å². The van der Waals surface area contributed by atoms with Gasteiger partial charge in [-0.2, -0.15) is 0 Å². The first-order valence-electron chi connectivity index (χ1n) is 7.16. The van der Waals surface area contributed by atoms with E-state index < -0.39 is 0 Å². The zero-order valence-corrected chi connectivity index (χ0v) is 12.8. The average molecular weight is 265 g/mol. The fourth-order valence-electron chi connectivity index (χ4n) is 2.05. The fourth-order valence-corrected chi connectivity index (χ4v) is 2.05. The molecule has 0 aliphatic carbocycles. The molecule has 0 unspecified atom stereocenters. The molecule has 108 valence electrons. The summed E-state index contributed by atoms with van der Waals surface area (Å²) in [5.41, 5.74) is 1.25. The summed E-state index contributed by atoms with van der Waals surface area (Å²) >= 11 is 0. The molecular formula is C16H27NO2. The second-order valence-electron chi connectivity index (χ2n) is 5.11. The smallest absolute Gasteiger partial charge is 0.161 e. The number of rotatable bonds is 8. The second kappa shape index (κ2) is 8.05. The molecule has 1 aromatic rings. The van der Waals surface area contributed by atoms with E-state index in [1.807, 2.05) is 13.0 Å². The van der Waals surface area contributed by atoms with E-state index in [0.717, 1.165) is 24.5 Å². The SMILES string of the molecule is CCOc1ccc([C@@H](CC)NCC(C)C)cc1OC. The summed E-state index contributed by atoms with van der Waals surface area (Å²) in [4.78, 5) is 0. The molecule has 19 heavy (non-hydrogen) atoms. The third kappa shape index (κ3) is 4.75. The lowest BCUT2D eigenvalue weighted by Crippen LogP contribution is -2.25. The molecule has 0 amide bonds. The Balaban J connectivity index is 2.86. The van der Waals surface area contributed by atoms with Gasteiger partial charge in [0.2, 0.25) is 0 Å². The van der Waals surface area contributed by atoms with Gasteiger partial charge >= 0.3 is 0 Å². The van der Waals surface area contributed by atoms with Crippen LogP contribution in [0.25, 0.3) is 0 Å². The Labute approximate surface area is 117 Å². The lowest BCUT2D eigenvalue weighted by molar-refractivity contribution is 0.310. The molecule has 0 fully saturated rings. The summed E-state index contributed by atoms with van der Waals surface area (Å²) in [5, 5.41) is 3.59. The van der Waals surface area contributed by atoms with Gasteiger partial charge < -0.3 is 14.8 Å². The van der Waals surface area contributed by atoms with Gasteiger partial charge in [0.25, 0.3) is 0 Å². The Morgan fingerprint density at radius 2 is 1.89 bits per heavy atom. The zero-order chi connectivity index (χ0) is 14.3. The van der Waals surface area contributed by atoms with Crippen LogP contribution in [0, 0.1) is 5.92 Å². The average Bonchev–Trinajstić information content (AvgIpc) is 2.40. The van der Waals surface area contributed by atoms with Gasteiger partial charge in [0, 0.05) is 6.04 Å². The zero-order valence-electron chi connectivity index (χ0n) is 12.8. The minimum atomic E-state index is 0.368. The highest BCUT2D eigenvalue weighted by molar-refractivity contribution is 5.43. The van der Waals surface area contributed by atoms with Crippen molar-refractivity contribution in [3.63, 3.8) is 0 Å². The third-order valence-corrected chi connectivity index (χ3v) is 3.07. The normalized spacial score (nSPS) is 12.5. The van der Waals surface area contributed by atoms with Crippen LogP contribution in [0.15, 0.2) is 18.2 Å². The Kier molecular flexibility index (Phi) is 6.71. The quantitative estimate of drug-likeness (QED) is 0.775. The van der Waals surface area contributed by atoms with E-state index in [-0.39, 0.29) is 0 Å². The van der Waals surface area contributed by atoms with Crippen LogP contribution in [0.4, 0.5) is 0 Å². The van der Waals surface area contributed by atoms with Gasteiger partial charge in [-0.15, -0.1) is 0 Å². The largest absolute Gasteiger partial charge is 0.493 e.